The van der Waals surface area contributed by atoms with Gasteiger partial charge in [-0.1, -0.05) is 133 Å². The molecule has 2 heterocycles. The minimum atomic E-state index is -1.93. The van der Waals surface area contributed by atoms with Gasteiger partial charge in [-0.15, -0.1) is 0 Å². The molecule has 6 amide bonds. The highest BCUT2D eigenvalue weighted by Crippen LogP contribution is 2.48. The van der Waals surface area contributed by atoms with Crippen molar-refractivity contribution in [2.24, 2.45) is 0 Å². The predicted molar refractivity (Wildman–Crippen MR) is 467 cm³/mol. The van der Waals surface area contributed by atoms with Crippen molar-refractivity contribution in [2.45, 2.75) is 129 Å². The lowest BCUT2D eigenvalue weighted by atomic mass is 9.89. The Kier molecular flexibility index (Phi) is 29.6. The van der Waals surface area contributed by atoms with Crippen molar-refractivity contribution < 1.29 is 99.9 Å². The molecule has 0 spiro atoms. The molecule has 10 aromatic carbocycles. The number of alkyl carbamates (subject to hydrolysis) is 1. The first-order valence-corrected chi connectivity index (χ1v) is 41.4. The van der Waals surface area contributed by atoms with E-state index in [0.29, 0.717) is 45.6 Å². The molecule has 27 nitrogen and oxygen atoms in total. The molecule has 0 unspecified atom stereocenters. The fraction of sp³-hybridized carbons (Fsp3) is 0.385. The molecule has 0 bridgehead atoms. The summed E-state index contributed by atoms with van der Waals surface area (Å²) in [5.74, 6) is -1.08. The number of rotatable bonds is 16. The summed E-state index contributed by atoms with van der Waals surface area (Å²) in [4.78, 5) is 100. The van der Waals surface area contributed by atoms with Crippen molar-refractivity contribution in [3.63, 3.8) is 0 Å². The summed E-state index contributed by atoms with van der Waals surface area (Å²) in [6.45, 7) is 19.0. The molecule has 6 N–H and O–H groups in total. The molecule has 10 aromatic rings. The van der Waals surface area contributed by atoms with E-state index in [9.17, 15) is 28.8 Å². The van der Waals surface area contributed by atoms with Gasteiger partial charge < -0.3 is 98.2 Å². The van der Waals surface area contributed by atoms with Gasteiger partial charge in [-0.25, -0.2) is 9.59 Å². The van der Waals surface area contributed by atoms with Crippen LogP contribution in [0.4, 0.5) is 4.79 Å². The molecule has 2 aliphatic rings. The second-order valence-corrected chi connectivity index (χ2v) is 32.6. The van der Waals surface area contributed by atoms with Crippen LogP contribution in [-0.4, -0.2) is 194 Å². The quantitative estimate of drug-likeness (QED) is 0.0490. The molecule has 2 aliphatic heterocycles. The zero-order valence-corrected chi connectivity index (χ0v) is 71.8. The molecule has 650 valence electrons. The fourth-order valence-electron chi connectivity index (χ4n) is 14.5. The minimum absolute atomic E-state index is 0.0452. The smallest absolute Gasteiger partial charge is 0.408 e. The van der Waals surface area contributed by atoms with Crippen molar-refractivity contribution in [3.05, 3.63) is 193 Å². The van der Waals surface area contributed by atoms with Crippen molar-refractivity contribution >= 4 is 84.7 Å². The van der Waals surface area contributed by atoms with Crippen LogP contribution in [0.5, 0.6) is 46.0 Å². The van der Waals surface area contributed by atoms with Crippen LogP contribution in [0.25, 0.3) is 65.3 Å². The molecular formula is C96H110N6O21. The number of ether oxygens (including phenoxy) is 14. The van der Waals surface area contributed by atoms with Crippen molar-refractivity contribution in [1.29, 1.82) is 0 Å². The summed E-state index contributed by atoms with van der Waals surface area (Å²) >= 11 is 0. The highest BCUT2D eigenvalue weighted by molar-refractivity contribution is 6.12. The second-order valence-electron chi connectivity index (χ2n) is 32.6. The van der Waals surface area contributed by atoms with Crippen LogP contribution in [-0.2, 0) is 70.0 Å². The van der Waals surface area contributed by atoms with E-state index in [2.05, 4.69) is 80.4 Å². The summed E-state index contributed by atoms with van der Waals surface area (Å²) in [6, 6.07) is 56.0. The number of hydrogen-bond acceptors (Lipinski definition) is 21. The normalized spacial score (nSPS) is 15.9. The zero-order chi connectivity index (χ0) is 87.5. The Labute approximate surface area is 716 Å². The summed E-state index contributed by atoms with van der Waals surface area (Å²) < 4.78 is 86.4. The number of esters is 1. The third-order valence-corrected chi connectivity index (χ3v) is 20.9. The number of carbonyl (C=O) groups excluding carboxylic acids is 7. The molecular weight excluding hydrogens is 1570 g/mol. The number of fused-ring (bicyclic) bond motifs is 16. The average Bonchev–Trinajstić information content (AvgIpc) is 0.756. The fourth-order valence-corrected chi connectivity index (χ4v) is 14.5. The first-order valence-electron chi connectivity index (χ1n) is 41.4. The van der Waals surface area contributed by atoms with Gasteiger partial charge in [-0.3, -0.25) is 24.0 Å². The van der Waals surface area contributed by atoms with Gasteiger partial charge in [0.2, 0.25) is 29.5 Å². The van der Waals surface area contributed by atoms with E-state index in [0.717, 1.165) is 65.3 Å². The van der Waals surface area contributed by atoms with E-state index in [1.807, 2.05) is 97.1 Å². The van der Waals surface area contributed by atoms with Crippen LogP contribution in [0.15, 0.2) is 182 Å². The highest BCUT2D eigenvalue weighted by atomic mass is 16.6. The number of carbonyl (C=O) groups is 7. The third kappa shape index (κ3) is 23.0. The van der Waals surface area contributed by atoms with Gasteiger partial charge in [0.05, 0.1) is 60.0 Å². The van der Waals surface area contributed by atoms with Gasteiger partial charge in [0.1, 0.15) is 116 Å². The van der Waals surface area contributed by atoms with Crippen LogP contribution in [0.3, 0.4) is 0 Å². The lowest BCUT2D eigenvalue weighted by molar-refractivity contribution is -0.146. The Morgan fingerprint density at radius 3 is 0.927 bits per heavy atom. The Hall–Kier alpha value is -12.4. The number of nitrogens with one attached hydrogen (secondary N) is 6. The van der Waals surface area contributed by atoms with E-state index in [1.165, 1.54) is 62.5 Å². The predicted octanol–water partition coefficient (Wildman–Crippen LogP) is 13.1. The molecule has 0 aromatic heterocycles. The van der Waals surface area contributed by atoms with Gasteiger partial charge in [-0.2, -0.15) is 0 Å². The SMILES string of the molecule is COC(=O)[C@H](C)NC(=O)[C@](C)(Cc1ccc2c(c1)OCCOCCOc1ccc3ccccc3c1-c1c(ccc3ccccc13)OCCOCCO2)NC(=O)C(C)(C)NC(=O)[C@H](C)NC(=O)[C@](C)(Cc1ccc2c(c1)OCCOCCOc1ccc3ccccc3c1-c1c(ccc3ccccc13)OCCOCCO2)NC(=O)C(C)(C)NC(=O)OC(C)(C)C. The molecule has 0 aliphatic carbocycles. The Balaban J connectivity index is 0.733. The summed E-state index contributed by atoms with van der Waals surface area (Å²) in [6.07, 6.45) is -1.35. The third-order valence-electron chi connectivity index (χ3n) is 20.9. The lowest BCUT2D eigenvalue weighted by Gasteiger charge is -2.36. The molecule has 4 atom stereocenters. The Morgan fingerprint density at radius 1 is 0.325 bits per heavy atom. The van der Waals surface area contributed by atoms with E-state index < -0.39 is 81.4 Å². The average molecular weight is 1680 g/mol. The van der Waals surface area contributed by atoms with Gasteiger partial charge in [0, 0.05) is 35.1 Å². The molecule has 12 rings (SSSR count). The summed E-state index contributed by atoms with van der Waals surface area (Å²) in [5, 5.41) is 24.6. The van der Waals surface area contributed by atoms with Gasteiger partial charge in [-0.05, 0) is 179 Å². The topological polar surface area (TPSA) is 321 Å². The van der Waals surface area contributed by atoms with Gasteiger partial charge in [0.25, 0.3) is 0 Å². The van der Waals surface area contributed by atoms with Crippen LogP contribution >= 0.6 is 0 Å². The number of amides is 6. The van der Waals surface area contributed by atoms with E-state index in [-0.39, 0.29) is 130 Å². The first-order chi connectivity index (χ1) is 59.0. The lowest BCUT2D eigenvalue weighted by Crippen LogP contribution is -2.67. The molecule has 27 heteroatoms. The number of benzene rings is 10. The minimum Gasteiger partial charge on any atom is -0.491 e. The van der Waals surface area contributed by atoms with Crippen LogP contribution in [0, 0.1) is 0 Å². The van der Waals surface area contributed by atoms with Gasteiger partial charge in [0.15, 0.2) is 23.0 Å². The van der Waals surface area contributed by atoms with Crippen LogP contribution < -0.4 is 69.8 Å². The van der Waals surface area contributed by atoms with Crippen molar-refractivity contribution in [1.82, 2.24) is 31.9 Å². The Bertz CT molecular complexity index is 5460. The largest absolute Gasteiger partial charge is 0.491 e. The van der Waals surface area contributed by atoms with Crippen molar-refractivity contribution in [3.8, 4) is 68.2 Å². The highest BCUT2D eigenvalue weighted by Gasteiger charge is 2.45. The molecule has 0 radical (unpaired) electrons. The molecule has 0 fully saturated rings. The Morgan fingerprint density at radius 2 is 0.610 bits per heavy atom. The van der Waals surface area contributed by atoms with Gasteiger partial charge >= 0.3 is 12.1 Å². The van der Waals surface area contributed by atoms with Crippen molar-refractivity contribution in [2.75, 3.05) is 113 Å². The summed E-state index contributed by atoms with van der Waals surface area (Å²) in [5.41, 5.74) is -3.78. The monoisotopic (exact) mass is 1680 g/mol. The maximum Gasteiger partial charge on any atom is 0.408 e. The second kappa shape index (κ2) is 40.5. The first kappa shape index (κ1) is 89.8. The summed E-state index contributed by atoms with van der Waals surface area (Å²) in [7, 11) is 1.18. The maximum absolute atomic E-state index is 15.2. The standard InChI is InChI=1S/C96H110N6O21/c1-61(97-89(107)95(10,101-88(106)94(8,9)102-91(109)123-92(3,4)5)59-63-29-35-73-79(57-63)121-55-47-113-45-53-119-77-39-33-67-23-15-19-27-71(67)83(77)81-69-25-17-13-21-65(69)31-37-75(81)117-51-43-111-41-49-115-73)85(103)99-93(6,7)87(105)100-96(11,90(108)98-62(2)86(104)110-12)60-64-30-36-74-80(58-64)122-56-48-114-46-54-120-78-40-34-68-24-16-20-28-72(68)84(78)82-70-26-18-14-22-66(70)32-38-76(82)118-52-44-112-42-50-116-74/h13-40,57-58,61-62H,41-56,59-60H2,1-12H3,(H,97,107)(H,98,108)(H,99,103)(H,100,105)(H,101,106)(H,102,109)/t61-,62-,95-,96-/m0/s1. The van der Waals surface area contributed by atoms with E-state index >= 15 is 4.79 Å². The maximum atomic E-state index is 15.2. The number of methoxy groups -OCH3 is 1. The van der Waals surface area contributed by atoms with Crippen LogP contribution in [0.2, 0.25) is 0 Å². The van der Waals surface area contributed by atoms with Crippen LogP contribution in [0.1, 0.15) is 87.3 Å². The van der Waals surface area contributed by atoms with E-state index in [4.69, 9.17) is 66.3 Å². The molecule has 0 saturated carbocycles. The number of hydrogen-bond donors (Lipinski definition) is 6. The zero-order valence-electron chi connectivity index (χ0n) is 71.8. The molecule has 123 heavy (non-hydrogen) atoms. The van der Waals surface area contributed by atoms with E-state index in [1.54, 1.807) is 57.2 Å². The molecule has 0 saturated heterocycles.